The summed E-state index contributed by atoms with van der Waals surface area (Å²) < 4.78 is 64.6. The van der Waals surface area contributed by atoms with Gasteiger partial charge in [-0.25, -0.2) is 0 Å². The molecule has 0 fully saturated rings. The third-order valence-electron chi connectivity index (χ3n) is 8.24. The van der Waals surface area contributed by atoms with Crippen molar-refractivity contribution in [1.82, 2.24) is 9.97 Å². The molecular formula is C47H44IrN2O-2. The zero-order valence-corrected chi connectivity index (χ0v) is 32.0. The van der Waals surface area contributed by atoms with Crippen molar-refractivity contribution < 1.29 is 34.1 Å². The maximum absolute atomic E-state index is 8.87. The first-order chi connectivity index (χ1) is 26.7. The average molecular weight is 852 g/mol. The molecule has 4 heteroatoms. The minimum absolute atomic E-state index is 0. The maximum atomic E-state index is 8.87. The Morgan fingerprint density at radius 1 is 0.686 bits per heavy atom. The number of fused-ring (bicyclic) bond motifs is 7. The predicted octanol–water partition coefficient (Wildman–Crippen LogP) is 12.8. The summed E-state index contributed by atoms with van der Waals surface area (Å²) in [7, 11) is 0. The van der Waals surface area contributed by atoms with Crippen LogP contribution in [0, 0.1) is 29.8 Å². The third kappa shape index (κ3) is 7.99. The number of benzene rings is 5. The molecule has 0 atom stereocenters. The molecule has 1 radical (unpaired) electrons. The van der Waals surface area contributed by atoms with E-state index in [4.69, 9.17) is 14.0 Å². The van der Waals surface area contributed by atoms with E-state index in [-0.39, 0.29) is 31.2 Å². The fourth-order valence-electron chi connectivity index (χ4n) is 6.23. The summed E-state index contributed by atoms with van der Waals surface area (Å²) in [5.41, 5.74) is 3.35. The van der Waals surface area contributed by atoms with Crippen molar-refractivity contribution in [2.75, 3.05) is 0 Å². The van der Waals surface area contributed by atoms with Crippen LogP contribution >= 0.6 is 0 Å². The zero-order chi connectivity index (χ0) is 41.1. The first-order valence-corrected chi connectivity index (χ1v) is 16.8. The van der Waals surface area contributed by atoms with Gasteiger partial charge in [0.25, 0.3) is 0 Å². The summed E-state index contributed by atoms with van der Waals surface area (Å²) in [5, 5.41) is 6.38. The molecule has 8 rings (SSSR count). The molecule has 0 saturated carbocycles. The molecular weight excluding hydrogens is 801 g/mol. The Morgan fingerprint density at radius 2 is 1.43 bits per heavy atom. The van der Waals surface area contributed by atoms with Gasteiger partial charge in [-0.3, -0.25) is 0 Å². The van der Waals surface area contributed by atoms with Crippen molar-refractivity contribution in [3.63, 3.8) is 0 Å². The predicted molar refractivity (Wildman–Crippen MR) is 210 cm³/mol. The minimum Gasteiger partial charge on any atom is -0.501 e. The smallest absolute Gasteiger partial charge is 0.121 e. The van der Waals surface area contributed by atoms with Crippen molar-refractivity contribution in [2.45, 2.75) is 61.1 Å². The summed E-state index contributed by atoms with van der Waals surface area (Å²) in [4.78, 5) is 8.84. The van der Waals surface area contributed by atoms with Gasteiger partial charge in [-0.2, -0.15) is 0 Å². The summed E-state index contributed by atoms with van der Waals surface area (Å²) in [6, 6.07) is 39.5. The van der Waals surface area contributed by atoms with E-state index in [0.29, 0.717) is 22.4 Å². The number of furan rings is 1. The fraction of sp³-hybridized carbons (Fsp3) is 0.234. The van der Waals surface area contributed by atoms with Crippen molar-refractivity contribution in [3.8, 4) is 22.5 Å². The van der Waals surface area contributed by atoms with Crippen LogP contribution in [0.1, 0.15) is 67.8 Å². The van der Waals surface area contributed by atoms with Crippen molar-refractivity contribution >= 4 is 43.5 Å². The second kappa shape index (κ2) is 14.5. The van der Waals surface area contributed by atoms with Gasteiger partial charge in [-0.05, 0) is 80.6 Å². The van der Waals surface area contributed by atoms with Crippen LogP contribution in [0.3, 0.4) is 0 Å². The summed E-state index contributed by atoms with van der Waals surface area (Å²) in [6.07, 6.45) is -0.425. The number of aromatic nitrogens is 2. The molecule has 0 N–H and O–H groups in total. The number of hydrogen-bond acceptors (Lipinski definition) is 3. The van der Waals surface area contributed by atoms with Crippen LogP contribution < -0.4 is 0 Å². The van der Waals surface area contributed by atoms with Crippen molar-refractivity contribution in [2.24, 2.45) is 10.8 Å². The van der Waals surface area contributed by atoms with E-state index in [2.05, 4.69) is 52.4 Å². The molecule has 0 aliphatic rings. The number of rotatable bonds is 4. The minimum atomic E-state index is -2.51. The van der Waals surface area contributed by atoms with E-state index in [1.165, 1.54) is 6.20 Å². The second-order valence-electron chi connectivity index (χ2n) is 14.6. The first-order valence-electron chi connectivity index (χ1n) is 20.3. The summed E-state index contributed by atoms with van der Waals surface area (Å²) in [6.45, 7) is 8.46. The van der Waals surface area contributed by atoms with Crippen LogP contribution in [0.2, 0.25) is 0 Å². The number of pyridine rings is 2. The fourth-order valence-corrected chi connectivity index (χ4v) is 6.23. The van der Waals surface area contributed by atoms with E-state index in [9.17, 15) is 0 Å². The molecule has 259 valence electrons. The van der Waals surface area contributed by atoms with Gasteiger partial charge in [0.05, 0.1) is 5.58 Å². The van der Waals surface area contributed by atoms with Crippen molar-refractivity contribution in [3.05, 3.63) is 144 Å². The number of aryl methyl sites for hydroxylation is 1. The quantitative estimate of drug-likeness (QED) is 0.131. The Bertz CT molecular complexity index is 2750. The van der Waals surface area contributed by atoms with E-state index >= 15 is 0 Å². The topological polar surface area (TPSA) is 38.9 Å². The molecule has 0 unspecified atom stereocenters. The van der Waals surface area contributed by atoms with Crippen LogP contribution in [0.5, 0.6) is 0 Å². The van der Waals surface area contributed by atoms with Crippen LogP contribution in [-0.2, 0) is 32.9 Å². The molecule has 3 aromatic heterocycles. The second-order valence-corrected chi connectivity index (χ2v) is 14.6. The molecule has 0 bridgehead atoms. The van der Waals surface area contributed by atoms with E-state index in [0.717, 1.165) is 49.2 Å². The standard InChI is InChI=1S/C31H26NO.C16H18N.Ir/c1-19-18-32-26(16-22(19)17-31(2,3)4)24-10-7-11-25-29-27(33-30(24)25)15-14-21-13-12-20-8-5-6-9-23(20)28(21)29;1-16(2,3)11-13-9-10-15(17-12-13)14-7-5-4-6-8-14;/h5-9,11-16,18H,17H2,1-4H3;4-7,9-10,12H,11H2,1-3H3;/q2*-1;/i1D3,17D2;11D2;. The Balaban J connectivity index is 0.000000240. The zero-order valence-electron chi connectivity index (χ0n) is 36.6. The van der Waals surface area contributed by atoms with Crippen LogP contribution in [0.25, 0.3) is 66.0 Å². The largest absolute Gasteiger partial charge is 0.501 e. The van der Waals surface area contributed by atoms with Gasteiger partial charge >= 0.3 is 0 Å². The van der Waals surface area contributed by atoms with Crippen LogP contribution in [-0.4, -0.2) is 9.97 Å². The molecule has 3 heterocycles. The first kappa shape index (κ1) is 28.0. The van der Waals surface area contributed by atoms with Gasteiger partial charge in [0.1, 0.15) is 5.58 Å². The maximum Gasteiger partial charge on any atom is 0.121 e. The molecule has 0 aliphatic carbocycles. The summed E-state index contributed by atoms with van der Waals surface area (Å²) >= 11 is 0. The molecule has 3 nitrogen and oxygen atoms in total. The molecule has 8 aromatic rings. The van der Waals surface area contributed by atoms with Gasteiger partial charge in [-0.1, -0.05) is 119 Å². The van der Waals surface area contributed by atoms with Crippen LogP contribution in [0.15, 0.2) is 120 Å². The van der Waals surface area contributed by atoms with Crippen LogP contribution in [0.4, 0.5) is 0 Å². The van der Waals surface area contributed by atoms with Gasteiger partial charge < -0.3 is 14.4 Å². The normalized spacial score (nSPS) is 14.7. The monoisotopic (exact) mass is 852 g/mol. The SMILES string of the molecule is [2H]C([2H])([2H])c1cnc(-c2[c-]ccc3c2oc2ccc4ccc5ccccc5c4c23)cc1C([2H])([2H])C(C)(C)C.[2H]C([2H])(c1ccc(-c2[c-]cccc2)nc1)C(C)(C)C.[Ir]. The average Bonchev–Trinajstić information content (AvgIpc) is 3.56. The van der Waals surface area contributed by atoms with Gasteiger partial charge in [0, 0.05) is 47.5 Å². The Hall–Kier alpha value is -4.63. The number of nitrogens with zero attached hydrogens (tertiary/aromatic N) is 2. The molecule has 5 aromatic carbocycles. The third-order valence-corrected chi connectivity index (χ3v) is 8.24. The van der Waals surface area contributed by atoms with Gasteiger partial charge in [0.2, 0.25) is 0 Å². The number of hydrogen-bond donors (Lipinski definition) is 0. The molecule has 0 aliphatic heterocycles. The van der Waals surface area contributed by atoms with E-state index in [1.807, 2.05) is 87.5 Å². The Kier molecular flexibility index (Phi) is 7.99. The summed E-state index contributed by atoms with van der Waals surface area (Å²) in [5.74, 6) is 0. The van der Waals surface area contributed by atoms with Gasteiger partial charge in [-0.15, -0.1) is 54.1 Å². The molecule has 0 saturated heterocycles. The Labute approximate surface area is 325 Å². The Morgan fingerprint density at radius 3 is 2.16 bits per heavy atom. The van der Waals surface area contributed by atoms with E-state index in [1.54, 1.807) is 33.0 Å². The van der Waals surface area contributed by atoms with Crippen molar-refractivity contribution in [1.29, 1.82) is 0 Å². The molecule has 0 amide bonds. The molecule has 0 spiro atoms. The van der Waals surface area contributed by atoms with E-state index < -0.39 is 30.4 Å². The molecule has 51 heavy (non-hydrogen) atoms. The van der Waals surface area contributed by atoms with Gasteiger partial charge in [0.15, 0.2) is 0 Å².